The molecule has 0 radical (unpaired) electrons. The number of ether oxygens (including phenoxy) is 2. The van der Waals surface area contributed by atoms with Gasteiger partial charge in [-0.3, -0.25) is 4.79 Å². The molecule has 2 atom stereocenters. The Hall–Kier alpha value is -2.08. The lowest BCUT2D eigenvalue weighted by Crippen LogP contribution is -2.55. The summed E-state index contributed by atoms with van der Waals surface area (Å²) in [5.74, 6) is -0.811. The molecule has 0 saturated carbocycles. The molecule has 1 aromatic carbocycles. The van der Waals surface area contributed by atoms with E-state index in [0.717, 1.165) is 5.56 Å². The van der Waals surface area contributed by atoms with Crippen molar-refractivity contribution in [1.29, 1.82) is 0 Å². The summed E-state index contributed by atoms with van der Waals surface area (Å²) >= 11 is 0. The van der Waals surface area contributed by atoms with Gasteiger partial charge >= 0.3 is 5.97 Å². The summed E-state index contributed by atoms with van der Waals surface area (Å²) in [6, 6.07) is 6.43. The third-order valence-electron chi connectivity index (χ3n) is 3.35. The van der Waals surface area contributed by atoms with Crippen molar-refractivity contribution in [3.63, 3.8) is 0 Å². The number of benzene rings is 1. The zero-order valence-electron chi connectivity index (χ0n) is 12.1. The first-order valence-corrected chi connectivity index (χ1v) is 6.83. The van der Waals surface area contributed by atoms with Gasteiger partial charge in [0.1, 0.15) is 5.75 Å². The average Bonchev–Trinajstić information content (AvgIpc) is 2.46. The van der Waals surface area contributed by atoms with E-state index in [0.29, 0.717) is 12.4 Å². The van der Waals surface area contributed by atoms with Gasteiger partial charge in [0.25, 0.3) is 5.91 Å². The van der Waals surface area contributed by atoms with Crippen LogP contribution in [0.5, 0.6) is 5.75 Å². The van der Waals surface area contributed by atoms with Crippen molar-refractivity contribution in [2.75, 3.05) is 19.8 Å². The Balaban J connectivity index is 2.05. The molecule has 0 bridgehead atoms. The molecule has 0 aromatic heterocycles. The number of nitrogens with zero attached hydrogens (tertiary/aromatic N) is 1. The van der Waals surface area contributed by atoms with Crippen LogP contribution in [-0.4, -0.2) is 53.8 Å². The number of carboxylic acid groups (broad SMARTS) is 1. The van der Waals surface area contributed by atoms with E-state index in [9.17, 15) is 9.59 Å². The maximum Gasteiger partial charge on any atom is 0.328 e. The van der Waals surface area contributed by atoms with Gasteiger partial charge in [-0.1, -0.05) is 12.1 Å². The number of aryl methyl sites for hydroxylation is 1. The van der Waals surface area contributed by atoms with Crippen molar-refractivity contribution < 1.29 is 24.2 Å². The molecule has 6 heteroatoms. The van der Waals surface area contributed by atoms with E-state index in [4.69, 9.17) is 14.6 Å². The Kier molecular flexibility index (Phi) is 4.80. The van der Waals surface area contributed by atoms with Gasteiger partial charge in [-0.15, -0.1) is 0 Å². The highest BCUT2D eigenvalue weighted by Crippen LogP contribution is 2.16. The molecule has 1 aliphatic heterocycles. The predicted molar refractivity (Wildman–Crippen MR) is 75.2 cm³/mol. The van der Waals surface area contributed by atoms with E-state index < -0.39 is 18.1 Å². The number of rotatable bonds is 4. The highest BCUT2D eigenvalue weighted by atomic mass is 16.5. The topological polar surface area (TPSA) is 76.1 Å². The van der Waals surface area contributed by atoms with E-state index in [1.54, 1.807) is 13.0 Å². The molecule has 2 rings (SSSR count). The van der Waals surface area contributed by atoms with Crippen molar-refractivity contribution in [3.8, 4) is 5.75 Å². The fourth-order valence-corrected chi connectivity index (χ4v) is 2.25. The summed E-state index contributed by atoms with van der Waals surface area (Å²) in [5, 5.41) is 9.15. The highest BCUT2D eigenvalue weighted by Gasteiger charge is 2.35. The monoisotopic (exact) mass is 293 g/mol. The number of hydrogen-bond acceptors (Lipinski definition) is 4. The molecule has 1 heterocycles. The predicted octanol–water partition coefficient (Wildman–Crippen LogP) is 1.07. The summed E-state index contributed by atoms with van der Waals surface area (Å²) in [7, 11) is 0. The number of morpholine rings is 1. The van der Waals surface area contributed by atoms with Crippen LogP contribution in [-0.2, 0) is 14.3 Å². The molecular weight excluding hydrogens is 274 g/mol. The van der Waals surface area contributed by atoms with Gasteiger partial charge in [-0.05, 0) is 31.5 Å². The first-order valence-electron chi connectivity index (χ1n) is 6.83. The number of aliphatic carboxylic acids is 1. The third kappa shape index (κ3) is 3.72. The second-order valence-corrected chi connectivity index (χ2v) is 5.04. The number of amides is 1. The highest BCUT2D eigenvalue weighted by molar-refractivity contribution is 5.86. The number of carbonyl (C=O) groups is 2. The van der Waals surface area contributed by atoms with Crippen molar-refractivity contribution in [2.24, 2.45) is 0 Å². The molecule has 1 fully saturated rings. The normalized spacial score (nSPS) is 19.9. The van der Waals surface area contributed by atoms with E-state index >= 15 is 0 Å². The van der Waals surface area contributed by atoms with Gasteiger partial charge in [-0.25, -0.2) is 4.79 Å². The van der Waals surface area contributed by atoms with Crippen LogP contribution in [0.2, 0.25) is 0 Å². The maximum absolute atomic E-state index is 12.4. The fraction of sp³-hybridized carbons (Fsp3) is 0.467. The van der Waals surface area contributed by atoms with Gasteiger partial charge in [0, 0.05) is 6.54 Å². The molecule has 0 aliphatic carbocycles. The van der Waals surface area contributed by atoms with Crippen LogP contribution in [0.15, 0.2) is 24.3 Å². The van der Waals surface area contributed by atoms with Gasteiger partial charge in [0.15, 0.2) is 12.1 Å². The summed E-state index contributed by atoms with van der Waals surface area (Å²) < 4.78 is 10.7. The van der Waals surface area contributed by atoms with Gasteiger partial charge in [-0.2, -0.15) is 0 Å². The minimum atomic E-state index is -1.06. The lowest BCUT2D eigenvalue weighted by atomic mass is 10.2. The fourth-order valence-electron chi connectivity index (χ4n) is 2.25. The van der Waals surface area contributed by atoms with E-state index in [-0.39, 0.29) is 19.1 Å². The zero-order chi connectivity index (χ0) is 15.4. The molecule has 6 nitrogen and oxygen atoms in total. The third-order valence-corrected chi connectivity index (χ3v) is 3.35. The van der Waals surface area contributed by atoms with Gasteiger partial charge in [0.2, 0.25) is 0 Å². The Bertz CT molecular complexity index is 531. The number of carbonyl (C=O) groups excluding carboxylic acids is 1. The molecule has 1 aliphatic rings. The lowest BCUT2D eigenvalue weighted by Gasteiger charge is -2.34. The first kappa shape index (κ1) is 15.3. The van der Waals surface area contributed by atoms with Crippen LogP contribution in [0.1, 0.15) is 12.5 Å². The van der Waals surface area contributed by atoms with E-state index in [1.165, 1.54) is 4.90 Å². The van der Waals surface area contributed by atoms with Crippen LogP contribution < -0.4 is 4.74 Å². The Labute approximate surface area is 123 Å². The molecule has 2 unspecified atom stereocenters. The van der Waals surface area contributed by atoms with Crippen LogP contribution in [0.25, 0.3) is 0 Å². The zero-order valence-corrected chi connectivity index (χ0v) is 12.1. The van der Waals surface area contributed by atoms with Gasteiger partial charge < -0.3 is 19.5 Å². The molecular formula is C15H19NO5. The summed E-state index contributed by atoms with van der Waals surface area (Å²) in [6.07, 6.45) is -0.744. The molecule has 114 valence electrons. The molecule has 0 spiro atoms. The van der Waals surface area contributed by atoms with Crippen molar-refractivity contribution in [2.45, 2.75) is 26.0 Å². The molecule has 1 aromatic rings. The first-order chi connectivity index (χ1) is 9.99. The van der Waals surface area contributed by atoms with Crippen LogP contribution >= 0.6 is 0 Å². The minimum Gasteiger partial charge on any atom is -0.481 e. The van der Waals surface area contributed by atoms with Gasteiger partial charge in [0.05, 0.1) is 13.2 Å². The molecule has 1 N–H and O–H groups in total. The standard InChI is InChI=1S/C15H19NO5/c1-10-4-3-5-12(8-10)21-11(2)14(17)16-6-7-20-9-13(16)15(18)19/h3-5,8,11,13H,6-7,9H2,1-2H3,(H,18,19). The van der Waals surface area contributed by atoms with Crippen molar-refractivity contribution in [3.05, 3.63) is 29.8 Å². The largest absolute Gasteiger partial charge is 0.481 e. The lowest BCUT2D eigenvalue weighted by molar-refractivity contribution is -0.161. The number of hydrogen-bond donors (Lipinski definition) is 1. The van der Waals surface area contributed by atoms with Crippen LogP contribution in [0.4, 0.5) is 0 Å². The van der Waals surface area contributed by atoms with Crippen LogP contribution in [0.3, 0.4) is 0 Å². The Morgan fingerprint density at radius 3 is 2.90 bits per heavy atom. The van der Waals surface area contributed by atoms with Crippen molar-refractivity contribution >= 4 is 11.9 Å². The summed E-state index contributed by atoms with van der Waals surface area (Å²) in [6.45, 7) is 4.17. The molecule has 1 amide bonds. The SMILES string of the molecule is Cc1cccc(OC(C)C(=O)N2CCOCC2C(=O)O)c1. The maximum atomic E-state index is 12.4. The summed E-state index contributed by atoms with van der Waals surface area (Å²) in [5.41, 5.74) is 1.03. The smallest absolute Gasteiger partial charge is 0.328 e. The average molecular weight is 293 g/mol. The Morgan fingerprint density at radius 2 is 2.24 bits per heavy atom. The van der Waals surface area contributed by atoms with Crippen LogP contribution in [0, 0.1) is 6.92 Å². The molecule has 21 heavy (non-hydrogen) atoms. The minimum absolute atomic E-state index is 0.0121. The second kappa shape index (κ2) is 6.58. The van der Waals surface area contributed by atoms with E-state index in [1.807, 2.05) is 25.1 Å². The quantitative estimate of drug-likeness (QED) is 0.899. The summed E-state index contributed by atoms with van der Waals surface area (Å²) in [4.78, 5) is 24.9. The molecule has 1 saturated heterocycles. The second-order valence-electron chi connectivity index (χ2n) is 5.04. The Morgan fingerprint density at radius 1 is 1.48 bits per heavy atom. The number of carboxylic acids is 1. The van der Waals surface area contributed by atoms with E-state index in [2.05, 4.69) is 0 Å². The van der Waals surface area contributed by atoms with Crippen molar-refractivity contribution in [1.82, 2.24) is 4.90 Å².